The number of nitrogens with zero attached hydrogens (tertiary/aromatic N) is 3. The predicted octanol–water partition coefficient (Wildman–Crippen LogP) is 0.701. The van der Waals surface area contributed by atoms with Gasteiger partial charge in [-0.15, -0.1) is 0 Å². The molecular weight excluding hydrogens is 164 g/mol. The van der Waals surface area contributed by atoms with Crippen LogP contribution in [0.5, 0.6) is 0 Å². The minimum atomic E-state index is 0.441. The molecule has 0 unspecified atom stereocenters. The van der Waals surface area contributed by atoms with Gasteiger partial charge in [-0.2, -0.15) is 0 Å². The molecule has 0 radical (unpaired) electrons. The summed E-state index contributed by atoms with van der Waals surface area (Å²) in [7, 11) is 0. The highest BCUT2D eigenvalue weighted by atomic mass is 15.0. The van der Waals surface area contributed by atoms with Crippen molar-refractivity contribution in [1.29, 1.82) is 0 Å². The number of hydrogen-bond donors (Lipinski definition) is 1. The summed E-state index contributed by atoms with van der Waals surface area (Å²) in [5.74, 6) is 0. The molecule has 0 aliphatic rings. The third-order valence-electron chi connectivity index (χ3n) is 1.93. The number of imidazole rings is 1. The summed E-state index contributed by atoms with van der Waals surface area (Å²) in [5, 5.41) is 0. The van der Waals surface area contributed by atoms with Gasteiger partial charge in [0.2, 0.25) is 0 Å². The maximum Gasteiger partial charge on any atom is 0.155 e. The van der Waals surface area contributed by atoms with Crippen LogP contribution < -0.4 is 5.73 Å². The Labute approximate surface area is 75.7 Å². The summed E-state index contributed by atoms with van der Waals surface area (Å²) in [6.07, 6.45) is 7.01. The second-order valence-corrected chi connectivity index (χ2v) is 2.76. The van der Waals surface area contributed by atoms with Gasteiger partial charge in [0, 0.05) is 18.9 Å². The van der Waals surface area contributed by atoms with E-state index in [-0.39, 0.29) is 0 Å². The largest absolute Gasteiger partial charge is 0.326 e. The number of fused-ring (bicyclic) bond motifs is 1. The maximum absolute atomic E-state index is 5.50. The van der Waals surface area contributed by atoms with Crippen LogP contribution in [0.1, 0.15) is 5.69 Å². The Kier molecular flexibility index (Phi) is 1.83. The molecule has 0 aromatic carbocycles. The zero-order valence-corrected chi connectivity index (χ0v) is 7.14. The Morgan fingerprint density at radius 3 is 3.15 bits per heavy atom. The van der Waals surface area contributed by atoms with Crippen molar-refractivity contribution in [1.82, 2.24) is 14.4 Å². The number of hydrogen-bond acceptors (Lipinski definition) is 3. The monoisotopic (exact) mass is 174 g/mol. The molecule has 4 heteroatoms. The molecule has 0 saturated heterocycles. The van der Waals surface area contributed by atoms with E-state index in [0.29, 0.717) is 6.54 Å². The van der Waals surface area contributed by atoms with Crippen LogP contribution in [0.25, 0.3) is 11.2 Å². The first-order valence-corrected chi connectivity index (χ1v) is 3.98. The molecule has 0 atom stereocenters. The van der Waals surface area contributed by atoms with Crippen molar-refractivity contribution >= 4 is 11.2 Å². The highest BCUT2D eigenvalue weighted by Gasteiger charge is 2.03. The first-order chi connectivity index (χ1) is 6.33. The van der Waals surface area contributed by atoms with Crippen LogP contribution in [0, 0.1) is 0 Å². The van der Waals surface area contributed by atoms with Crippen LogP contribution in [0.4, 0.5) is 0 Å². The van der Waals surface area contributed by atoms with Crippen LogP contribution >= 0.6 is 0 Å². The molecule has 2 N–H and O–H groups in total. The van der Waals surface area contributed by atoms with Gasteiger partial charge in [-0.05, 0) is 5.57 Å². The lowest BCUT2D eigenvalue weighted by Crippen LogP contribution is -2.03. The second kappa shape index (κ2) is 2.99. The van der Waals surface area contributed by atoms with Crippen LogP contribution in [-0.4, -0.2) is 20.9 Å². The van der Waals surface area contributed by atoms with Crippen molar-refractivity contribution in [2.75, 3.05) is 6.54 Å². The Morgan fingerprint density at radius 2 is 2.38 bits per heavy atom. The van der Waals surface area contributed by atoms with E-state index in [1.165, 1.54) is 0 Å². The van der Waals surface area contributed by atoms with Gasteiger partial charge in [0.1, 0.15) is 0 Å². The van der Waals surface area contributed by atoms with Gasteiger partial charge in [-0.25, -0.2) is 4.98 Å². The molecule has 0 fully saturated rings. The summed E-state index contributed by atoms with van der Waals surface area (Å²) < 4.78 is 1.92. The Balaban J connectivity index is 2.64. The smallest absolute Gasteiger partial charge is 0.155 e. The van der Waals surface area contributed by atoms with Crippen LogP contribution in [-0.2, 0) is 0 Å². The zero-order valence-electron chi connectivity index (χ0n) is 7.14. The fraction of sp³-hybridized carbons (Fsp3) is 0.111. The van der Waals surface area contributed by atoms with Crippen LogP contribution in [0.15, 0.2) is 31.4 Å². The third-order valence-corrected chi connectivity index (χ3v) is 1.93. The molecule has 66 valence electrons. The van der Waals surface area contributed by atoms with Crippen molar-refractivity contribution in [2.45, 2.75) is 0 Å². The van der Waals surface area contributed by atoms with Crippen molar-refractivity contribution in [3.05, 3.63) is 37.1 Å². The van der Waals surface area contributed by atoms with E-state index in [1.54, 1.807) is 18.6 Å². The average Bonchev–Trinajstić information content (AvgIpc) is 2.60. The molecule has 0 aliphatic heterocycles. The van der Waals surface area contributed by atoms with E-state index in [1.807, 2.05) is 10.6 Å². The number of nitrogens with two attached hydrogens (primary N) is 1. The molecule has 0 amide bonds. The molecule has 0 bridgehead atoms. The van der Waals surface area contributed by atoms with Crippen LogP contribution in [0.2, 0.25) is 0 Å². The summed E-state index contributed by atoms with van der Waals surface area (Å²) in [6, 6.07) is 0. The van der Waals surface area contributed by atoms with Gasteiger partial charge < -0.3 is 5.73 Å². The van der Waals surface area contributed by atoms with Gasteiger partial charge >= 0.3 is 0 Å². The Morgan fingerprint density at radius 1 is 1.54 bits per heavy atom. The van der Waals surface area contributed by atoms with Crippen molar-refractivity contribution in [3.8, 4) is 0 Å². The average molecular weight is 174 g/mol. The first kappa shape index (κ1) is 7.94. The number of aromatic nitrogens is 3. The minimum Gasteiger partial charge on any atom is -0.326 e. The molecule has 0 spiro atoms. The van der Waals surface area contributed by atoms with Gasteiger partial charge in [0.15, 0.2) is 5.65 Å². The fourth-order valence-corrected chi connectivity index (χ4v) is 1.21. The fourth-order valence-electron chi connectivity index (χ4n) is 1.21. The minimum absolute atomic E-state index is 0.441. The van der Waals surface area contributed by atoms with Gasteiger partial charge in [-0.3, -0.25) is 9.38 Å². The van der Waals surface area contributed by atoms with E-state index in [0.717, 1.165) is 16.9 Å². The topological polar surface area (TPSA) is 56.2 Å². The summed E-state index contributed by atoms with van der Waals surface area (Å²) in [6.45, 7) is 4.30. The molecule has 2 heterocycles. The zero-order chi connectivity index (χ0) is 9.26. The molecule has 0 saturated carbocycles. The van der Waals surface area contributed by atoms with E-state index < -0.39 is 0 Å². The normalized spacial score (nSPS) is 10.5. The summed E-state index contributed by atoms with van der Waals surface area (Å²) in [4.78, 5) is 8.14. The molecule has 2 aromatic rings. The number of rotatable bonds is 2. The molecule has 13 heavy (non-hydrogen) atoms. The SMILES string of the molecule is C=C(CN)c1cnc2cnccn12. The van der Waals surface area contributed by atoms with Gasteiger partial charge in [0.05, 0.1) is 18.1 Å². The van der Waals surface area contributed by atoms with Crippen molar-refractivity contribution < 1.29 is 0 Å². The standard InChI is InChI=1S/C9H10N4/c1-7(4-10)8-5-12-9-6-11-2-3-13(8)9/h2-3,5-6H,1,4,10H2. The molecule has 0 aliphatic carbocycles. The van der Waals surface area contributed by atoms with Gasteiger partial charge in [-0.1, -0.05) is 6.58 Å². The van der Waals surface area contributed by atoms with Crippen molar-refractivity contribution in [2.24, 2.45) is 5.73 Å². The predicted molar refractivity (Wildman–Crippen MR) is 51.1 cm³/mol. The second-order valence-electron chi connectivity index (χ2n) is 2.76. The van der Waals surface area contributed by atoms with Crippen LogP contribution in [0.3, 0.4) is 0 Å². The van der Waals surface area contributed by atoms with Crippen molar-refractivity contribution in [3.63, 3.8) is 0 Å². The highest BCUT2D eigenvalue weighted by molar-refractivity contribution is 5.64. The van der Waals surface area contributed by atoms with E-state index in [9.17, 15) is 0 Å². The van der Waals surface area contributed by atoms with E-state index in [4.69, 9.17) is 5.73 Å². The van der Waals surface area contributed by atoms with E-state index >= 15 is 0 Å². The molecule has 2 aromatic heterocycles. The lowest BCUT2D eigenvalue weighted by molar-refractivity contribution is 1.09. The maximum atomic E-state index is 5.50. The quantitative estimate of drug-likeness (QED) is 0.729. The lowest BCUT2D eigenvalue weighted by atomic mass is 10.2. The third kappa shape index (κ3) is 1.21. The Hall–Kier alpha value is -1.68. The highest BCUT2D eigenvalue weighted by Crippen LogP contribution is 2.12. The summed E-state index contributed by atoms with van der Waals surface area (Å²) in [5.41, 5.74) is 8.13. The molecule has 2 rings (SSSR count). The summed E-state index contributed by atoms with van der Waals surface area (Å²) >= 11 is 0. The van der Waals surface area contributed by atoms with E-state index in [2.05, 4.69) is 16.5 Å². The molecular formula is C9H10N4. The molecule has 4 nitrogen and oxygen atoms in total. The Bertz CT molecular complexity index is 444. The van der Waals surface area contributed by atoms with Gasteiger partial charge in [0.25, 0.3) is 0 Å². The lowest BCUT2D eigenvalue weighted by Gasteiger charge is -2.00. The first-order valence-electron chi connectivity index (χ1n) is 3.98.